The van der Waals surface area contributed by atoms with E-state index in [4.69, 9.17) is 13.9 Å². The van der Waals surface area contributed by atoms with Crippen molar-refractivity contribution in [1.29, 1.82) is 0 Å². The number of carbonyl (C=O) groups excluding carboxylic acids is 2. The number of furan rings is 1. The summed E-state index contributed by atoms with van der Waals surface area (Å²) in [7, 11) is 2.96. The van der Waals surface area contributed by atoms with Crippen molar-refractivity contribution in [3.8, 4) is 11.5 Å². The Kier molecular flexibility index (Phi) is 4.79. The van der Waals surface area contributed by atoms with Gasteiger partial charge in [-0.2, -0.15) is 0 Å². The summed E-state index contributed by atoms with van der Waals surface area (Å²) in [5.41, 5.74) is 6.29. The first-order valence-corrected chi connectivity index (χ1v) is 7.86. The van der Waals surface area contributed by atoms with Crippen molar-refractivity contribution in [2.24, 2.45) is 0 Å². The van der Waals surface area contributed by atoms with E-state index in [0.29, 0.717) is 22.6 Å². The summed E-state index contributed by atoms with van der Waals surface area (Å²) in [5, 5.41) is 0.848. The van der Waals surface area contributed by atoms with Crippen LogP contribution in [-0.2, 0) is 0 Å². The standard InChI is InChI=1S/C19H18N2O5/c1-11-13-6-4-5-7-15(13)26-17(11)19(23)21-20-18(22)14-9-8-12(24-2)10-16(14)25-3/h4-10H,1-3H3,(H,20,22)(H,21,23). The molecule has 0 unspecified atom stereocenters. The largest absolute Gasteiger partial charge is 0.497 e. The number of hydrogen-bond donors (Lipinski definition) is 2. The number of methoxy groups -OCH3 is 2. The Morgan fingerprint density at radius 3 is 2.38 bits per heavy atom. The third kappa shape index (κ3) is 3.19. The summed E-state index contributed by atoms with van der Waals surface area (Å²) in [6.45, 7) is 1.79. The van der Waals surface area contributed by atoms with Gasteiger partial charge in [0.2, 0.25) is 0 Å². The van der Waals surface area contributed by atoms with Crippen LogP contribution < -0.4 is 20.3 Å². The van der Waals surface area contributed by atoms with Crippen molar-refractivity contribution in [2.45, 2.75) is 6.92 Å². The van der Waals surface area contributed by atoms with Crippen molar-refractivity contribution >= 4 is 22.8 Å². The van der Waals surface area contributed by atoms with Gasteiger partial charge in [-0.15, -0.1) is 0 Å². The summed E-state index contributed by atoms with van der Waals surface area (Å²) in [6.07, 6.45) is 0. The molecule has 0 aliphatic carbocycles. The Labute approximate surface area is 149 Å². The van der Waals surface area contributed by atoms with E-state index in [9.17, 15) is 9.59 Å². The molecule has 0 aliphatic rings. The van der Waals surface area contributed by atoms with Gasteiger partial charge in [0.05, 0.1) is 19.8 Å². The molecule has 0 bridgehead atoms. The van der Waals surface area contributed by atoms with Gasteiger partial charge in [-0.1, -0.05) is 18.2 Å². The molecular formula is C19H18N2O5. The highest BCUT2D eigenvalue weighted by molar-refractivity contribution is 6.02. The van der Waals surface area contributed by atoms with E-state index >= 15 is 0 Å². The number of ether oxygens (including phenoxy) is 2. The van der Waals surface area contributed by atoms with E-state index in [1.54, 1.807) is 31.2 Å². The smallest absolute Gasteiger partial charge is 0.305 e. The minimum absolute atomic E-state index is 0.146. The minimum Gasteiger partial charge on any atom is -0.497 e. The first kappa shape index (κ1) is 17.3. The highest BCUT2D eigenvalue weighted by Gasteiger charge is 2.19. The molecule has 0 saturated carbocycles. The SMILES string of the molecule is COc1ccc(C(=O)NNC(=O)c2oc3ccccc3c2C)c(OC)c1. The lowest BCUT2D eigenvalue weighted by molar-refractivity contribution is 0.0830. The zero-order chi connectivity index (χ0) is 18.7. The molecule has 0 aliphatic heterocycles. The van der Waals surface area contributed by atoms with Gasteiger partial charge in [-0.25, -0.2) is 0 Å². The lowest BCUT2D eigenvalue weighted by atomic mass is 10.1. The fourth-order valence-corrected chi connectivity index (χ4v) is 2.61. The molecule has 0 spiro atoms. The monoisotopic (exact) mass is 354 g/mol. The average molecular weight is 354 g/mol. The number of fused-ring (bicyclic) bond motifs is 1. The fraction of sp³-hybridized carbons (Fsp3) is 0.158. The van der Waals surface area contributed by atoms with Crippen LogP contribution in [0.5, 0.6) is 11.5 Å². The van der Waals surface area contributed by atoms with E-state index in [1.807, 2.05) is 18.2 Å². The van der Waals surface area contributed by atoms with Gasteiger partial charge in [0.1, 0.15) is 17.1 Å². The van der Waals surface area contributed by atoms with Crippen molar-refractivity contribution in [1.82, 2.24) is 10.9 Å². The summed E-state index contributed by atoms with van der Waals surface area (Å²) < 4.78 is 15.9. The predicted octanol–water partition coefficient (Wildman–Crippen LogP) is 2.83. The number of hydrogen-bond acceptors (Lipinski definition) is 5. The Bertz CT molecular complexity index is 977. The molecule has 26 heavy (non-hydrogen) atoms. The lowest BCUT2D eigenvalue weighted by Crippen LogP contribution is -2.41. The summed E-state index contributed by atoms with van der Waals surface area (Å²) in [4.78, 5) is 24.7. The van der Waals surface area contributed by atoms with Crippen LogP contribution in [0, 0.1) is 6.92 Å². The molecule has 1 heterocycles. The van der Waals surface area contributed by atoms with Crippen LogP contribution in [0.2, 0.25) is 0 Å². The number of amides is 2. The van der Waals surface area contributed by atoms with Crippen LogP contribution in [0.3, 0.4) is 0 Å². The first-order chi connectivity index (χ1) is 12.5. The second-order valence-electron chi connectivity index (χ2n) is 5.53. The van der Waals surface area contributed by atoms with Crippen molar-refractivity contribution in [2.75, 3.05) is 14.2 Å². The third-order valence-electron chi connectivity index (χ3n) is 3.99. The van der Waals surface area contributed by atoms with Gasteiger partial charge in [0.15, 0.2) is 5.76 Å². The second-order valence-corrected chi connectivity index (χ2v) is 5.53. The molecule has 2 N–H and O–H groups in total. The summed E-state index contributed by atoms with van der Waals surface area (Å²) in [6, 6.07) is 12.1. The number of benzene rings is 2. The first-order valence-electron chi connectivity index (χ1n) is 7.86. The van der Waals surface area contributed by atoms with E-state index in [2.05, 4.69) is 10.9 Å². The van der Waals surface area contributed by atoms with Crippen LogP contribution >= 0.6 is 0 Å². The molecule has 2 aromatic carbocycles. The van der Waals surface area contributed by atoms with Gasteiger partial charge in [0, 0.05) is 17.0 Å². The Hall–Kier alpha value is -3.48. The number of rotatable bonds is 4. The molecule has 3 rings (SSSR count). The van der Waals surface area contributed by atoms with E-state index in [1.165, 1.54) is 14.2 Å². The minimum atomic E-state index is -0.542. The maximum Gasteiger partial charge on any atom is 0.305 e. The highest BCUT2D eigenvalue weighted by atomic mass is 16.5. The second kappa shape index (κ2) is 7.18. The molecule has 7 nitrogen and oxygen atoms in total. The third-order valence-corrected chi connectivity index (χ3v) is 3.99. The molecule has 0 saturated heterocycles. The van der Waals surface area contributed by atoms with Crippen LogP contribution in [0.25, 0.3) is 11.0 Å². The highest BCUT2D eigenvalue weighted by Crippen LogP contribution is 2.25. The van der Waals surface area contributed by atoms with E-state index in [-0.39, 0.29) is 11.3 Å². The molecule has 3 aromatic rings. The lowest BCUT2D eigenvalue weighted by Gasteiger charge is -2.11. The average Bonchev–Trinajstić information content (AvgIpc) is 3.02. The number of aryl methyl sites for hydroxylation is 1. The number of hydrazine groups is 1. The molecule has 0 fully saturated rings. The van der Waals surface area contributed by atoms with Crippen molar-refractivity contribution < 1.29 is 23.5 Å². The van der Waals surface area contributed by atoms with Gasteiger partial charge < -0.3 is 13.9 Å². The molecular weight excluding hydrogens is 336 g/mol. The summed E-state index contributed by atoms with van der Waals surface area (Å²) in [5.74, 6) is -0.0318. The molecule has 134 valence electrons. The van der Waals surface area contributed by atoms with Crippen LogP contribution in [-0.4, -0.2) is 26.0 Å². The Morgan fingerprint density at radius 1 is 0.962 bits per heavy atom. The van der Waals surface area contributed by atoms with Crippen LogP contribution in [0.1, 0.15) is 26.5 Å². The molecule has 7 heteroatoms. The van der Waals surface area contributed by atoms with Gasteiger partial charge >= 0.3 is 5.91 Å². The quantitative estimate of drug-likeness (QED) is 0.703. The molecule has 0 radical (unpaired) electrons. The molecule has 0 atom stereocenters. The van der Waals surface area contributed by atoms with Crippen molar-refractivity contribution in [3.05, 3.63) is 59.4 Å². The van der Waals surface area contributed by atoms with Gasteiger partial charge in [0.25, 0.3) is 5.91 Å². The normalized spacial score (nSPS) is 10.4. The molecule has 1 aromatic heterocycles. The van der Waals surface area contributed by atoms with Crippen LogP contribution in [0.4, 0.5) is 0 Å². The van der Waals surface area contributed by atoms with Crippen LogP contribution in [0.15, 0.2) is 46.9 Å². The van der Waals surface area contributed by atoms with Crippen molar-refractivity contribution in [3.63, 3.8) is 0 Å². The topological polar surface area (TPSA) is 89.8 Å². The van der Waals surface area contributed by atoms with E-state index < -0.39 is 11.8 Å². The zero-order valence-electron chi connectivity index (χ0n) is 14.6. The maximum atomic E-state index is 12.4. The number of nitrogens with one attached hydrogen (secondary N) is 2. The maximum absolute atomic E-state index is 12.4. The Morgan fingerprint density at radius 2 is 1.69 bits per heavy atom. The van der Waals surface area contributed by atoms with E-state index in [0.717, 1.165) is 5.39 Å². The summed E-state index contributed by atoms with van der Waals surface area (Å²) >= 11 is 0. The molecule has 2 amide bonds. The van der Waals surface area contributed by atoms with Gasteiger partial charge in [-0.05, 0) is 25.1 Å². The van der Waals surface area contributed by atoms with Gasteiger partial charge in [-0.3, -0.25) is 20.4 Å². The zero-order valence-corrected chi connectivity index (χ0v) is 14.6. The number of para-hydroxylation sites is 1. The fourth-order valence-electron chi connectivity index (χ4n) is 2.61. The Balaban J connectivity index is 1.75. The number of carbonyl (C=O) groups is 2. The predicted molar refractivity (Wildman–Crippen MR) is 95.4 cm³/mol.